The first-order chi connectivity index (χ1) is 12.1. The van der Waals surface area contributed by atoms with Crippen LogP contribution in [0.2, 0.25) is 0 Å². The lowest BCUT2D eigenvalue weighted by molar-refractivity contribution is -0.383. The molecule has 1 aromatic carbocycles. The van der Waals surface area contributed by atoms with E-state index in [-0.39, 0.29) is 22.5 Å². The summed E-state index contributed by atoms with van der Waals surface area (Å²) >= 11 is 0. The van der Waals surface area contributed by atoms with Gasteiger partial charge in [0.2, 0.25) is 11.6 Å². The highest BCUT2D eigenvalue weighted by Crippen LogP contribution is 2.36. The number of aryl methyl sites for hydroxylation is 1. The quantitative estimate of drug-likeness (QED) is 0.648. The summed E-state index contributed by atoms with van der Waals surface area (Å²) in [6, 6.07) is 7.97. The summed E-state index contributed by atoms with van der Waals surface area (Å²) in [5, 5.41) is 14.9. The Labute approximate surface area is 147 Å². The second kappa shape index (κ2) is 7.46. The molecular weight excluding hydrogens is 318 g/mol. The van der Waals surface area contributed by atoms with Gasteiger partial charge in [-0.1, -0.05) is 19.1 Å². The minimum Gasteiger partial charge on any atom is -0.348 e. The molecule has 2 heterocycles. The molecule has 1 fully saturated rings. The molecule has 0 bridgehead atoms. The van der Waals surface area contributed by atoms with Crippen LogP contribution in [0.1, 0.15) is 38.2 Å². The molecule has 2 aromatic rings. The average Bonchev–Trinajstić information content (AvgIpc) is 2.61. The van der Waals surface area contributed by atoms with Crippen LogP contribution in [0, 0.1) is 17.0 Å². The van der Waals surface area contributed by atoms with Gasteiger partial charge in [0, 0.05) is 18.3 Å². The van der Waals surface area contributed by atoms with Crippen molar-refractivity contribution in [3.63, 3.8) is 0 Å². The molecule has 1 atom stereocenters. The van der Waals surface area contributed by atoms with Crippen LogP contribution >= 0.6 is 0 Å². The molecule has 1 N–H and O–H groups in total. The van der Waals surface area contributed by atoms with Gasteiger partial charge in [0.25, 0.3) is 0 Å². The monoisotopic (exact) mass is 341 g/mol. The van der Waals surface area contributed by atoms with Crippen LogP contribution in [0.5, 0.6) is 0 Å². The van der Waals surface area contributed by atoms with Gasteiger partial charge in [0.1, 0.15) is 6.33 Å². The second-order valence-corrected chi connectivity index (χ2v) is 6.40. The van der Waals surface area contributed by atoms with Crippen LogP contribution in [0.3, 0.4) is 0 Å². The summed E-state index contributed by atoms with van der Waals surface area (Å²) in [6.07, 6.45) is 5.57. The van der Waals surface area contributed by atoms with E-state index in [2.05, 4.69) is 27.1 Å². The fourth-order valence-electron chi connectivity index (χ4n) is 3.40. The predicted octanol–water partition coefficient (Wildman–Crippen LogP) is 4.21. The molecule has 1 saturated heterocycles. The number of nitrogens with one attached hydrogen (secondary N) is 1. The maximum absolute atomic E-state index is 11.8. The maximum Gasteiger partial charge on any atom is 0.353 e. The van der Waals surface area contributed by atoms with Crippen molar-refractivity contribution in [2.75, 3.05) is 16.8 Å². The number of hydrogen-bond donors (Lipinski definition) is 1. The van der Waals surface area contributed by atoms with Gasteiger partial charge in [-0.05, 0) is 50.3 Å². The minimum atomic E-state index is -0.380. The molecule has 25 heavy (non-hydrogen) atoms. The fraction of sp³-hybridized carbons (Fsp3) is 0.444. The van der Waals surface area contributed by atoms with Gasteiger partial charge in [-0.15, -0.1) is 0 Å². The molecule has 0 spiro atoms. The fourth-order valence-corrected chi connectivity index (χ4v) is 3.40. The van der Waals surface area contributed by atoms with Crippen LogP contribution in [-0.2, 0) is 0 Å². The van der Waals surface area contributed by atoms with Crippen LogP contribution in [0.25, 0.3) is 0 Å². The molecule has 132 valence electrons. The predicted molar refractivity (Wildman–Crippen MR) is 98.4 cm³/mol. The molecule has 7 heteroatoms. The highest BCUT2D eigenvalue weighted by molar-refractivity contribution is 5.74. The lowest BCUT2D eigenvalue weighted by Gasteiger charge is -2.35. The van der Waals surface area contributed by atoms with Crippen molar-refractivity contribution >= 4 is 23.0 Å². The summed E-state index contributed by atoms with van der Waals surface area (Å²) in [4.78, 5) is 21.9. The summed E-state index contributed by atoms with van der Waals surface area (Å²) < 4.78 is 0. The molecule has 1 aliphatic heterocycles. The molecule has 1 unspecified atom stereocenters. The third-order valence-electron chi connectivity index (χ3n) is 4.64. The van der Waals surface area contributed by atoms with Gasteiger partial charge in [0.05, 0.1) is 4.92 Å². The van der Waals surface area contributed by atoms with E-state index in [1.165, 1.54) is 6.33 Å². The Kier molecular flexibility index (Phi) is 5.11. The Morgan fingerprint density at radius 2 is 2.20 bits per heavy atom. The maximum atomic E-state index is 11.8. The topological polar surface area (TPSA) is 84.2 Å². The molecule has 1 aliphatic rings. The standard InChI is InChI=1S/C18H23N5O2/c1-3-15-9-4-5-10-22(15)18-16(23(24)25)17(19-12-20-18)21-14-8-6-7-13(2)11-14/h6-8,11-12,15H,3-5,9-10H2,1-2H3,(H,19,20,21). The van der Waals surface area contributed by atoms with Crippen LogP contribution in [0.15, 0.2) is 30.6 Å². The summed E-state index contributed by atoms with van der Waals surface area (Å²) in [5.41, 5.74) is 1.80. The van der Waals surface area contributed by atoms with Gasteiger partial charge in [0.15, 0.2) is 0 Å². The molecule has 0 aliphatic carbocycles. The zero-order valence-electron chi connectivity index (χ0n) is 14.6. The zero-order valence-corrected chi connectivity index (χ0v) is 14.6. The Morgan fingerprint density at radius 1 is 1.36 bits per heavy atom. The molecule has 0 radical (unpaired) electrons. The third-order valence-corrected chi connectivity index (χ3v) is 4.64. The van der Waals surface area contributed by atoms with Crippen molar-refractivity contribution in [1.29, 1.82) is 0 Å². The van der Waals surface area contributed by atoms with E-state index in [4.69, 9.17) is 0 Å². The summed E-state index contributed by atoms with van der Waals surface area (Å²) in [7, 11) is 0. The smallest absolute Gasteiger partial charge is 0.348 e. The van der Waals surface area contributed by atoms with E-state index in [1.54, 1.807) is 0 Å². The first-order valence-electron chi connectivity index (χ1n) is 8.70. The molecular formula is C18H23N5O2. The van der Waals surface area contributed by atoms with Crippen molar-refractivity contribution in [3.8, 4) is 0 Å². The molecule has 1 aromatic heterocycles. The molecule has 3 rings (SSSR count). The van der Waals surface area contributed by atoms with Crippen molar-refractivity contribution in [1.82, 2.24) is 9.97 Å². The number of nitrogens with zero attached hydrogens (tertiary/aromatic N) is 4. The van der Waals surface area contributed by atoms with Crippen LogP contribution in [-0.4, -0.2) is 27.5 Å². The number of nitro groups is 1. The highest BCUT2D eigenvalue weighted by atomic mass is 16.6. The second-order valence-electron chi connectivity index (χ2n) is 6.40. The van der Waals surface area contributed by atoms with Gasteiger partial charge in [-0.2, -0.15) is 0 Å². The number of aromatic nitrogens is 2. The normalized spacial score (nSPS) is 17.4. The lowest BCUT2D eigenvalue weighted by Crippen LogP contribution is -2.40. The van der Waals surface area contributed by atoms with E-state index < -0.39 is 0 Å². The van der Waals surface area contributed by atoms with Gasteiger partial charge >= 0.3 is 5.69 Å². The zero-order chi connectivity index (χ0) is 17.8. The first kappa shape index (κ1) is 17.1. The van der Waals surface area contributed by atoms with E-state index in [0.29, 0.717) is 5.82 Å². The van der Waals surface area contributed by atoms with E-state index in [9.17, 15) is 10.1 Å². The largest absolute Gasteiger partial charge is 0.353 e. The lowest BCUT2D eigenvalue weighted by atomic mass is 10.00. The van der Waals surface area contributed by atoms with Gasteiger partial charge in [-0.25, -0.2) is 9.97 Å². The Balaban J connectivity index is 2.01. The molecule has 0 amide bonds. The summed E-state index contributed by atoms with van der Waals surface area (Å²) in [6.45, 7) is 4.88. The van der Waals surface area contributed by atoms with E-state index in [0.717, 1.165) is 43.5 Å². The number of anilines is 3. The SMILES string of the molecule is CCC1CCCCN1c1ncnc(Nc2cccc(C)c2)c1[N+](=O)[O-]. The Morgan fingerprint density at radius 3 is 2.92 bits per heavy atom. The number of benzene rings is 1. The van der Waals surface area contributed by atoms with Gasteiger partial charge in [-0.3, -0.25) is 10.1 Å². The van der Waals surface area contributed by atoms with Crippen LogP contribution in [0.4, 0.5) is 23.0 Å². The average molecular weight is 341 g/mol. The number of piperidine rings is 1. The molecule has 7 nitrogen and oxygen atoms in total. The minimum absolute atomic E-state index is 0.0515. The van der Waals surface area contributed by atoms with E-state index >= 15 is 0 Å². The Hall–Kier alpha value is -2.70. The molecule has 0 saturated carbocycles. The van der Waals surface area contributed by atoms with Crippen molar-refractivity contribution < 1.29 is 4.92 Å². The van der Waals surface area contributed by atoms with Gasteiger partial charge < -0.3 is 10.2 Å². The Bertz CT molecular complexity index is 765. The highest BCUT2D eigenvalue weighted by Gasteiger charge is 2.31. The van der Waals surface area contributed by atoms with Crippen molar-refractivity contribution in [3.05, 3.63) is 46.3 Å². The number of rotatable bonds is 5. The van der Waals surface area contributed by atoms with Crippen molar-refractivity contribution in [2.24, 2.45) is 0 Å². The van der Waals surface area contributed by atoms with E-state index in [1.807, 2.05) is 31.2 Å². The first-order valence-corrected chi connectivity index (χ1v) is 8.70. The summed E-state index contributed by atoms with van der Waals surface area (Å²) in [5.74, 6) is 0.655. The van der Waals surface area contributed by atoms with Crippen LogP contribution < -0.4 is 10.2 Å². The van der Waals surface area contributed by atoms with Crippen molar-refractivity contribution in [2.45, 2.75) is 45.6 Å². The number of hydrogen-bond acceptors (Lipinski definition) is 6. The third kappa shape index (κ3) is 3.70.